The number of hydrogen-bond acceptors (Lipinski definition) is 5. The zero-order valence-corrected chi connectivity index (χ0v) is 15.8. The monoisotopic (exact) mass is 380 g/mol. The van der Waals surface area contributed by atoms with Crippen LogP contribution < -0.4 is 10.6 Å². The van der Waals surface area contributed by atoms with Crippen molar-refractivity contribution in [1.82, 2.24) is 20.4 Å². The van der Waals surface area contributed by atoms with Gasteiger partial charge in [0.15, 0.2) is 0 Å². The molecule has 0 radical (unpaired) electrons. The van der Waals surface area contributed by atoms with Crippen molar-refractivity contribution < 1.29 is 23.9 Å². The lowest BCUT2D eigenvalue weighted by Gasteiger charge is -2.31. The molecule has 3 aliphatic rings. The summed E-state index contributed by atoms with van der Waals surface area (Å²) in [5, 5.41) is 5.82. The highest BCUT2D eigenvalue weighted by atomic mass is 16.5. The van der Waals surface area contributed by atoms with Gasteiger partial charge in [-0.1, -0.05) is 12.8 Å². The van der Waals surface area contributed by atoms with Crippen LogP contribution in [0.25, 0.3) is 0 Å². The van der Waals surface area contributed by atoms with Crippen LogP contribution in [0.4, 0.5) is 9.59 Å². The Morgan fingerprint density at radius 1 is 1.22 bits per heavy atom. The number of nitrogens with zero attached hydrogens (tertiary/aromatic N) is 2. The van der Waals surface area contributed by atoms with E-state index >= 15 is 0 Å². The highest BCUT2D eigenvalue weighted by Gasteiger charge is 2.52. The number of carbonyl (C=O) groups excluding carboxylic acids is 4. The molecule has 27 heavy (non-hydrogen) atoms. The molecule has 2 N–H and O–H groups in total. The molecule has 1 spiro atoms. The van der Waals surface area contributed by atoms with Gasteiger partial charge >= 0.3 is 12.1 Å². The first-order chi connectivity index (χ1) is 12.9. The number of imide groups is 1. The van der Waals surface area contributed by atoms with Gasteiger partial charge in [0.05, 0.1) is 7.11 Å². The van der Waals surface area contributed by atoms with Gasteiger partial charge in [0.2, 0.25) is 5.91 Å². The molecule has 9 heteroatoms. The number of likely N-dealkylation sites (tertiary alicyclic amines) is 1. The molecule has 2 aliphatic heterocycles. The molecular weight excluding hydrogens is 352 g/mol. The minimum absolute atomic E-state index is 0.0388. The van der Waals surface area contributed by atoms with Gasteiger partial charge in [0.25, 0.3) is 5.91 Å². The molecule has 5 amide bonds. The number of piperidine rings is 1. The normalized spacial score (nSPS) is 22.3. The molecule has 2 heterocycles. The summed E-state index contributed by atoms with van der Waals surface area (Å²) in [6.07, 6.45) is 5.08. The van der Waals surface area contributed by atoms with E-state index in [1.807, 2.05) is 0 Å². The maximum Gasteiger partial charge on any atom is 0.409 e. The Bertz CT molecular complexity index is 609. The van der Waals surface area contributed by atoms with Gasteiger partial charge in [-0.05, 0) is 32.1 Å². The van der Waals surface area contributed by atoms with E-state index in [-0.39, 0.29) is 42.9 Å². The third kappa shape index (κ3) is 4.17. The molecule has 0 aromatic carbocycles. The first-order valence-electron chi connectivity index (χ1n) is 9.71. The van der Waals surface area contributed by atoms with E-state index in [1.165, 1.54) is 12.0 Å². The maximum atomic E-state index is 12.5. The lowest BCUT2D eigenvalue weighted by molar-refractivity contribution is -0.131. The fourth-order valence-corrected chi connectivity index (χ4v) is 4.23. The highest BCUT2D eigenvalue weighted by molar-refractivity contribution is 6.07. The Hall–Kier alpha value is -2.32. The van der Waals surface area contributed by atoms with E-state index in [0.717, 1.165) is 12.8 Å². The van der Waals surface area contributed by atoms with Crippen LogP contribution in [-0.4, -0.2) is 72.1 Å². The van der Waals surface area contributed by atoms with Crippen molar-refractivity contribution in [2.45, 2.75) is 62.9 Å². The molecule has 0 aromatic heterocycles. The van der Waals surface area contributed by atoms with Crippen LogP contribution in [0.2, 0.25) is 0 Å². The predicted molar refractivity (Wildman–Crippen MR) is 95.8 cm³/mol. The second kappa shape index (κ2) is 8.14. The summed E-state index contributed by atoms with van der Waals surface area (Å²) in [5.41, 5.74) is -0.688. The number of nitrogens with one attached hydrogen (secondary N) is 2. The Morgan fingerprint density at radius 3 is 2.52 bits per heavy atom. The average Bonchev–Trinajstić information content (AvgIpc) is 3.22. The summed E-state index contributed by atoms with van der Waals surface area (Å²) in [5.74, 6) is -0.227. The van der Waals surface area contributed by atoms with Gasteiger partial charge in [-0.25, -0.2) is 9.59 Å². The number of urea groups is 1. The molecule has 150 valence electrons. The van der Waals surface area contributed by atoms with Crippen LogP contribution in [0.5, 0.6) is 0 Å². The topological polar surface area (TPSA) is 108 Å². The standard InChI is InChI=1S/C18H28N4O5/c1-27-17(26)21-11-6-13(7-12-21)19-14(23)5-4-10-22-15(24)18(20-16(22)25)8-2-3-9-18/h13H,2-12H2,1H3,(H,19,23)(H,20,25). The second-order valence-electron chi connectivity index (χ2n) is 7.58. The molecule has 2 saturated heterocycles. The SMILES string of the molecule is COC(=O)N1CCC(NC(=O)CCCN2C(=O)NC3(CCCC3)C2=O)CC1. The van der Waals surface area contributed by atoms with E-state index in [1.54, 1.807) is 4.90 Å². The van der Waals surface area contributed by atoms with Crippen LogP contribution >= 0.6 is 0 Å². The van der Waals surface area contributed by atoms with Gasteiger partial charge in [-0.2, -0.15) is 0 Å². The molecule has 0 atom stereocenters. The van der Waals surface area contributed by atoms with Gasteiger partial charge in [-0.3, -0.25) is 14.5 Å². The minimum Gasteiger partial charge on any atom is -0.453 e. The summed E-state index contributed by atoms with van der Waals surface area (Å²) in [7, 11) is 1.36. The first-order valence-corrected chi connectivity index (χ1v) is 9.71. The van der Waals surface area contributed by atoms with Gasteiger partial charge in [0, 0.05) is 32.1 Å². The Morgan fingerprint density at radius 2 is 1.89 bits per heavy atom. The fraction of sp³-hybridized carbons (Fsp3) is 0.778. The van der Waals surface area contributed by atoms with E-state index in [0.29, 0.717) is 45.2 Å². The molecule has 3 rings (SSSR count). The second-order valence-corrected chi connectivity index (χ2v) is 7.58. The molecule has 1 saturated carbocycles. The predicted octanol–water partition coefficient (Wildman–Crippen LogP) is 0.978. The van der Waals surface area contributed by atoms with E-state index < -0.39 is 5.54 Å². The Labute approximate surface area is 158 Å². The van der Waals surface area contributed by atoms with Crippen molar-refractivity contribution in [2.75, 3.05) is 26.7 Å². The summed E-state index contributed by atoms with van der Waals surface area (Å²) < 4.78 is 4.69. The van der Waals surface area contributed by atoms with Crippen molar-refractivity contribution in [3.63, 3.8) is 0 Å². The smallest absolute Gasteiger partial charge is 0.409 e. The minimum atomic E-state index is -0.688. The highest BCUT2D eigenvalue weighted by Crippen LogP contribution is 2.35. The van der Waals surface area contributed by atoms with Crippen molar-refractivity contribution in [3.05, 3.63) is 0 Å². The number of amides is 5. The summed E-state index contributed by atoms with van der Waals surface area (Å²) in [6.45, 7) is 1.38. The van der Waals surface area contributed by atoms with Crippen LogP contribution in [0.1, 0.15) is 51.4 Å². The van der Waals surface area contributed by atoms with E-state index in [2.05, 4.69) is 10.6 Å². The summed E-state index contributed by atoms with van der Waals surface area (Å²) in [4.78, 5) is 51.1. The van der Waals surface area contributed by atoms with Crippen LogP contribution in [0.15, 0.2) is 0 Å². The van der Waals surface area contributed by atoms with E-state index in [4.69, 9.17) is 4.74 Å². The van der Waals surface area contributed by atoms with Crippen molar-refractivity contribution in [3.8, 4) is 0 Å². The summed E-state index contributed by atoms with van der Waals surface area (Å²) in [6, 6.07) is -0.297. The zero-order chi connectivity index (χ0) is 19.4. The quantitative estimate of drug-likeness (QED) is 0.691. The largest absolute Gasteiger partial charge is 0.453 e. The first kappa shape index (κ1) is 19.4. The maximum absolute atomic E-state index is 12.5. The molecule has 0 aromatic rings. The Balaban J connectivity index is 1.37. The molecule has 0 bridgehead atoms. The lowest BCUT2D eigenvalue weighted by Crippen LogP contribution is -2.46. The molecule has 1 aliphatic carbocycles. The van der Waals surface area contributed by atoms with Crippen molar-refractivity contribution >= 4 is 23.9 Å². The van der Waals surface area contributed by atoms with Crippen molar-refractivity contribution in [2.24, 2.45) is 0 Å². The number of carbonyl (C=O) groups is 4. The average molecular weight is 380 g/mol. The molecule has 3 fully saturated rings. The summed E-state index contributed by atoms with van der Waals surface area (Å²) >= 11 is 0. The van der Waals surface area contributed by atoms with Crippen LogP contribution in [0.3, 0.4) is 0 Å². The third-order valence-corrected chi connectivity index (χ3v) is 5.78. The molecule has 9 nitrogen and oxygen atoms in total. The number of ether oxygens (including phenoxy) is 1. The van der Waals surface area contributed by atoms with Gasteiger partial charge < -0.3 is 20.3 Å². The Kier molecular flexibility index (Phi) is 5.86. The lowest BCUT2D eigenvalue weighted by atomic mass is 9.98. The zero-order valence-electron chi connectivity index (χ0n) is 15.8. The van der Waals surface area contributed by atoms with Crippen molar-refractivity contribution in [1.29, 1.82) is 0 Å². The van der Waals surface area contributed by atoms with Gasteiger partial charge in [-0.15, -0.1) is 0 Å². The number of methoxy groups -OCH3 is 1. The number of hydrogen-bond donors (Lipinski definition) is 2. The van der Waals surface area contributed by atoms with Crippen LogP contribution in [-0.2, 0) is 14.3 Å². The molecule has 0 unspecified atom stereocenters. The fourth-order valence-electron chi connectivity index (χ4n) is 4.23. The third-order valence-electron chi connectivity index (χ3n) is 5.78. The van der Waals surface area contributed by atoms with Gasteiger partial charge in [0.1, 0.15) is 5.54 Å². The van der Waals surface area contributed by atoms with Crippen LogP contribution in [0, 0.1) is 0 Å². The van der Waals surface area contributed by atoms with E-state index in [9.17, 15) is 19.2 Å². The number of rotatable bonds is 5. The molecular formula is C18H28N4O5.